The number of benzene rings is 1. The van der Waals surface area contributed by atoms with E-state index >= 15 is 0 Å². The van der Waals surface area contributed by atoms with Gasteiger partial charge in [0.1, 0.15) is 12.4 Å². The van der Waals surface area contributed by atoms with Gasteiger partial charge >= 0.3 is 0 Å². The predicted octanol–water partition coefficient (Wildman–Crippen LogP) is 2.40. The Kier molecular flexibility index (Phi) is 6.63. The normalized spacial score (nSPS) is 19.8. The third-order valence-corrected chi connectivity index (χ3v) is 3.46. The average Bonchev–Trinajstić information content (AvgIpc) is 2.34. The molecule has 108 valence electrons. The lowest BCUT2D eigenvalue weighted by atomic mass is 10.1. The van der Waals surface area contributed by atoms with Crippen LogP contribution in [0.4, 0.5) is 0 Å². The van der Waals surface area contributed by atoms with Crippen LogP contribution in [0.3, 0.4) is 0 Å². The molecule has 0 amide bonds. The van der Waals surface area contributed by atoms with Gasteiger partial charge in [-0.25, -0.2) is 0 Å². The molecule has 1 aliphatic rings. The Morgan fingerprint density at radius 3 is 2.89 bits per heavy atom. The summed E-state index contributed by atoms with van der Waals surface area (Å²) in [6, 6.07) is 6.97. The van der Waals surface area contributed by atoms with Gasteiger partial charge < -0.3 is 10.1 Å². The van der Waals surface area contributed by atoms with E-state index in [1.807, 2.05) is 0 Å². The molecule has 1 heterocycles. The maximum atomic E-state index is 5.89. The molecule has 0 bridgehead atoms. The Balaban J connectivity index is 0.00000180. The van der Waals surface area contributed by atoms with Crippen LogP contribution in [0.1, 0.15) is 18.1 Å². The zero-order valence-corrected chi connectivity index (χ0v) is 12.9. The van der Waals surface area contributed by atoms with Crippen LogP contribution in [0.15, 0.2) is 18.2 Å². The van der Waals surface area contributed by atoms with Gasteiger partial charge in [0, 0.05) is 32.2 Å². The Labute approximate surface area is 122 Å². The number of piperazine rings is 1. The second-order valence-corrected chi connectivity index (χ2v) is 5.27. The summed E-state index contributed by atoms with van der Waals surface area (Å²) < 4.78 is 5.89. The first-order chi connectivity index (χ1) is 8.65. The molecule has 3 nitrogen and oxygen atoms in total. The van der Waals surface area contributed by atoms with Crippen molar-refractivity contribution < 1.29 is 4.74 Å². The maximum Gasteiger partial charge on any atom is 0.122 e. The number of aryl methyl sites for hydroxylation is 2. The van der Waals surface area contributed by atoms with Gasteiger partial charge in [0.15, 0.2) is 0 Å². The van der Waals surface area contributed by atoms with E-state index in [1.165, 1.54) is 11.1 Å². The van der Waals surface area contributed by atoms with Crippen LogP contribution < -0.4 is 10.1 Å². The molecule has 4 heteroatoms. The number of hydrogen-bond donors (Lipinski definition) is 1. The molecule has 0 radical (unpaired) electrons. The van der Waals surface area contributed by atoms with Crippen LogP contribution in [-0.2, 0) is 0 Å². The fraction of sp³-hybridized carbons (Fsp3) is 0.600. The van der Waals surface area contributed by atoms with E-state index in [1.54, 1.807) is 0 Å². The average molecular weight is 285 g/mol. The van der Waals surface area contributed by atoms with E-state index in [0.29, 0.717) is 6.04 Å². The minimum absolute atomic E-state index is 0. The largest absolute Gasteiger partial charge is 0.492 e. The molecule has 0 saturated carbocycles. The first-order valence-corrected chi connectivity index (χ1v) is 6.81. The van der Waals surface area contributed by atoms with E-state index in [2.05, 4.69) is 49.2 Å². The summed E-state index contributed by atoms with van der Waals surface area (Å²) in [7, 11) is 0. The number of halogens is 1. The molecule has 1 unspecified atom stereocenters. The van der Waals surface area contributed by atoms with E-state index in [4.69, 9.17) is 4.74 Å². The van der Waals surface area contributed by atoms with Crippen molar-refractivity contribution in [1.82, 2.24) is 10.2 Å². The van der Waals surface area contributed by atoms with Crippen molar-refractivity contribution in [2.45, 2.75) is 26.8 Å². The predicted molar refractivity (Wildman–Crippen MR) is 82.6 cm³/mol. The number of nitrogens with zero attached hydrogens (tertiary/aromatic N) is 1. The SMILES string of the molecule is Cc1ccc(C)c(OCCN2CCNC(C)C2)c1.Cl. The first kappa shape index (κ1) is 16.3. The summed E-state index contributed by atoms with van der Waals surface area (Å²) in [6.45, 7) is 11.6. The number of hydrogen-bond acceptors (Lipinski definition) is 3. The van der Waals surface area contributed by atoms with Gasteiger partial charge in [-0.05, 0) is 38.0 Å². The topological polar surface area (TPSA) is 24.5 Å². The van der Waals surface area contributed by atoms with Gasteiger partial charge in [-0.15, -0.1) is 12.4 Å². The molecule has 1 saturated heterocycles. The zero-order chi connectivity index (χ0) is 13.0. The molecular formula is C15H25ClN2O. The number of nitrogens with one attached hydrogen (secondary N) is 1. The van der Waals surface area contributed by atoms with Gasteiger partial charge in [0.2, 0.25) is 0 Å². The van der Waals surface area contributed by atoms with Crippen molar-refractivity contribution in [3.05, 3.63) is 29.3 Å². The van der Waals surface area contributed by atoms with Crippen LogP contribution in [0, 0.1) is 13.8 Å². The second-order valence-electron chi connectivity index (χ2n) is 5.27. The highest BCUT2D eigenvalue weighted by Crippen LogP contribution is 2.18. The molecular weight excluding hydrogens is 260 g/mol. The molecule has 1 aromatic carbocycles. The van der Waals surface area contributed by atoms with Crippen LogP contribution in [0.5, 0.6) is 5.75 Å². The summed E-state index contributed by atoms with van der Waals surface area (Å²) in [6.07, 6.45) is 0. The minimum atomic E-state index is 0. The summed E-state index contributed by atoms with van der Waals surface area (Å²) in [5.41, 5.74) is 2.47. The van der Waals surface area contributed by atoms with Gasteiger partial charge in [0.25, 0.3) is 0 Å². The van der Waals surface area contributed by atoms with Crippen molar-refractivity contribution in [2.75, 3.05) is 32.8 Å². The van der Waals surface area contributed by atoms with Crippen LogP contribution >= 0.6 is 12.4 Å². The monoisotopic (exact) mass is 284 g/mol. The highest BCUT2D eigenvalue weighted by Gasteiger charge is 2.14. The molecule has 1 aromatic rings. The van der Waals surface area contributed by atoms with E-state index < -0.39 is 0 Å². The van der Waals surface area contributed by atoms with Crippen molar-refractivity contribution in [2.24, 2.45) is 0 Å². The molecule has 0 aliphatic carbocycles. The Morgan fingerprint density at radius 2 is 2.16 bits per heavy atom. The Morgan fingerprint density at radius 1 is 1.37 bits per heavy atom. The fourth-order valence-corrected chi connectivity index (χ4v) is 2.36. The lowest BCUT2D eigenvalue weighted by molar-refractivity contribution is 0.170. The number of ether oxygens (including phenoxy) is 1. The zero-order valence-electron chi connectivity index (χ0n) is 12.1. The van der Waals surface area contributed by atoms with Gasteiger partial charge in [-0.2, -0.15) is 0 Å². The molecule has 1 N–H and O–H groups in total. The van der Waals surface area contributed by atoms with Gasteiger partial charge in [0.05, 0.1) is 0 Å². The Bertz CT molecular complexity index is 398. The highest BCUT2D eigenvalue weighted by molar-refractivity contribution is 5.85. The molecule has 1 aliphatic heterocycles. The highest BCUT2D eigenvalue weighted by atomic mass is 35.5. The quantitative estimate of drug-likeness (QED) is 0.919. The van der Waals surface area contributed by atoms with E-state index in [-0.39, 0.29) is 12.4 Å². The summed E-state index contributed by atoms with van der Waals surface area (Å²) >= 11 is 0. The summed E-state index contributed by atoms with van der Waals surface area (Å²) in [5, 5.41) is 3.45. The van der Waals surface area contributed by atoms with Crippen molar-refractivity contribution >= 4 is 12.4 Å². The number of rotatable bonds is 4. The van der Waals surface area contributed by atoms with Crippen molar-refractivity contribution in [3.8, 4) is 5.75 Å². The summed E-state index contributed by atoms with van der Waals surface area (Å²) in [5.74, 6) is 1.03. The molecule has 1 atom stereocenters. The first-order valence-electron chi connectivity index (χ1n) is 6.81. The standard InChI is InChI=1S/C15H24N2O.ClH/c1-12-4-5-13(2)15(10-12)18-9-8-17-7-6-16-14(3)11-17;/h4-5,10,14,16H,6-9,11H2,1-3H3;1H. The molecule has 2 rings (SSSR count). The second kappa shape index (κ2) is 7.73. The van der Waals surface area contributed by atoms with Gasteiger partial charge in [-0.3, -0.25) is 4.90 Å². The van der Waals surface area contributed by atoms with Crippen molar-refractivity contribution in [1.29, 1.82) is 0 Å². The van der Waals surface area contributed by atoms with Crippen LogP contribution in [0.2, 0.25) is 0 Å². The molecule has 19 heavy (non-hydrogen) atoms. The molecule has 0 spiro atoms. The lowest BCUT2D eigenvalue weighted by Crippen LogP contribution is -2.50. The Hall–Kier alpha value is -0.770. The van der Waals surface area contributed by atoms with Crippen LogP contribution in [0.25, 0.3) is 0 Å². The van der Waals surface area contributed by atoms with Crippen LogP contribution in [-0.4, -0.2) is 43.7 Å². The third kappa shape index (κ3) is 5.01. The lowest BCUT2D eigenvalue weighted by Gasteiger charge is -2.31. The van der Waals surface area contributed by atoms with E-state index in [9.17, 15) is 0 Å². The van der Waals surface area contributed by atoms with Gasteiger partial charge in [-0.1, -0.05) is 12.1 Å². The molecule has 0 aromatic heterocycles. The fourth-order valence-electron chi connectivity index (χ4n) is 2.36. The smallest absolute Gasteiger partial charge is 0.122 e. The third-order valence-electron chi connectivity index (χ3n) is 3.46. The molecule has 1 fully saturated rings. The van der Waals surface area contributed by atoms with E-state index in [0.717, 1.165) is 38.5 Å². The summed E-state index contributed by atoms with van der Waals surface area (Å²) in [4.78, 5) is 2.46. The maximum absolute atomic E-state index is 5.89. The van der Waals surface area contributed by atoms with Crippen molar-refractivity contribution in [3.63, 3.8) is 0 Å². The minimum Gasteiger partial charge on any atom is -0.492 e.